The summed E-state index contributed by atoms with van der Waals surface area (Å²) < 4.78 is 2.31. The smallest absolute Gasteiger partial charge is 0.209 e. The van der Waals surface area contributed by atoms with Crippen LogP contribution in [0.5, 0.6) is 0 Å². The third-order valence-electron chi connectivity index (χ3n) is 5.70. The monoisotopic (exact) mass is 469 g/mol. The second-order valence-corrected chi connectivity index (χ2v) is 8.48. The summed E-state index contributed by atoms with van der Waals surface area (Å²) in [5.74, 6) is 0. The molecule has 5 aromatic rings. The van der Waals surface area contributed by atoms with E-state index in [1.54, 1.807) is 14.1 Å². The van der Waals surface area contributed by atoms with E-state index in [2.05, 4.69) is 95.6 Å². The third kappa shape index (κ3) is 5.60. The van der Waals surface area contributed by atoms with Crippen LogP contribution in [0.15, 0.2) is 121 Å². The van der Waals surface area contributed by atoms with Crippen LogP contribution in [0.3, 0.4) is 0 Å². The number of hydrogen-bond donors (Lipinski definition) is 0. The normalized spacial score (nSPS) is 10.0. The summed E-state index contributed by atoms with van der Waals surface area (Å²) in [5, 5.41) is 9.03. The Balaban J connectivity index is 0.000000556. The van der Waals surface area contributed by atoms with Crippen molar-refractivity contribution in [2.75, 3.05) is 14.1 Å². The number of aromatic nitrogens is 1. The van der Waals surface area contributed by atoms with Crippen LogP contribution in [0.4, 0.5) is 0 Å². The van der Waals surface area contributed by atoms with E-state index >= 15 is 0 Å². The van der Waals surface area contributed by atoms with Crippen LogP contribution in [0.25, 0.3) is 39.3 Å². The topological polar surface area (TPSA) is 49.0 Å². The van der Waals surface area contributed by atoms with Gasteiger partial charge in [-0.05, 0) is 58.7 Å². The van der Waals surface area contributed by atoms with Crippen molar-refractivity contribution in [3.63, 3.8) is 0 Å². The average molecular weight is 470 g/mol. The van der Waals surface area contributed by atoms with Gasteiger partial charge in [0, 0.05) is 19.8 Å². The van der Waals surface area contributed by atoms with E-state index < -0.39 is 0 Å². The summed E-state index contributed by atoms with van der Waals surface area (Å²) >= 11 is 0. The summed E-state index contributed by atoms with van der Waals surface area (Å²) in [5.41, 5.74) is 8.69. The van der Waals surface area contributed by atoms with Gasteiger partial charge in [-0.2, -0.15) is 5.26 Å². The van der Waals surface area contributed by atoms with Gasteiger partial charge in [-0.15, -0.1) is 0 Å². The molecule has 0 aliphatic rings. The molecule has 0 saturated carbocycles. The SMILES string of the molecule is CN(C)C=O.N#Cc1ccc(-c2ccc(-n3c(-c4ccccc4)ccc3-c3ccccc3)cc2)cc1. The molecule has 0 bridgehead atoms. The third-order valence-corrected chi connectivity index (χ3v) is 5.70. The van der Waals surface area contributed by atoms with Gasteiger partial charge in [0.2, 0.25) is 6.41 Å². The largest absolute Gasteiger partial charge is 0.351 e. The minimum absolute atomic E-state index is 0.674. The average Bonchev–Trinajstić information content (AvgIpc) is 3.40. The highest BCUT2D eigenvalue weighted by molar-refractivity contribution is 5.74. The fourth-order valence-electron chi connectivity index (χ4n) is 3.92. The van der Waals surface area contributed by atoms with E-state index in [-0.39, 0.29) is 0 Å². The molecule has 0 spiro atoms. The molecular formula is C32H27N3O. The molecule has 4 nitrogen and oxygen atoms in total. The Hall–Kier alpha value is -4.88. The molecule has 5 rings (SSSR count). The lowest BCUT2D eigenvalue weighted by atomic mass is 10.0. The second kappa shape index (κ2) is 11.5. The number of carbonyl (C=O) groups excluding carboxylic acids is 1. The van der Waals surface area contributed by atoms with Crippen LogP contribution < -0.4 is 0 Å². The van der Waals surface area contributed by atoms with E-state index in [9.17, 15) is 4.79 Å². The zero-order chi connectivity index (χ0) is 25.3. The Morgan fingerprint density at radius 2 is 1.03 bits per heavy atom. The van der Waals surface area contributed by atoms with Gasteiger partial charge >= 0.3 is 0 Å². The number of rotatable bonds is 5. The molecule has 4 aromatic carbocycles. The van der Waals surface area contributed by atoms with Crippen LogP contribution in [-0.2, 0) is 4.79 Å². The molecule has 0 aliphatic heterocycles. The molecule has 0 radical (unpaired) electrons. The molecular weight excluding hydrogens is 442 g/mol. The molecule has 0 fully saturated rings. The van der Waals surface area contributed by atoms with Crippen molar-refractivity contribution < 1.29 is 4.79 Å². The zero-order valence-corrected chi connectivity index (χ0v) is 20.4. The highest BCUT2D eigenvalue weighted by Gasteiger charge is 2.13. The first-order valence-electron chi connectivity index (χ1n) is 11.7. The number of nitriles is 1. The van der Waals surface area contributed by atoms with Crippen LogP contribution in [0.1, 0.15) is 5.56 Å². The van der Waals surface area contributed by atoms with Crippen molar-refractivity contribution in [3.8, 4) is 45.4 Å². The fourth-order valence-corrected chi connectivity index (χ4v) is 3.92. The number of nitrogens with zero attached hydrogens (tertiary/aromatic N) is 3. The molecule has 36 heavy (non-hydrogen) atoms. The van der Waals surface area contributed by atoms with Gasteiger partial charge in [0.15, 0.2) is 0 Å². The summed E-state index contributed by atoms with van der Waals surface area (Å²) in [6.45, 7) is 0. The van der Waals surface area contributed by atoms with Gasteiger partial charge < -0.3 is 9.47 Å². The first-order chi connectivity index (χ1) is 17.6. The lowest BCUT2D eigenvalue weighted by Crippen LogP contribution is -2.06. The van der Waals surface area contributed by atoms with Gasteiger partial charge in [-0.1, -0.05) is 84.9 Å². The molecule has 0 atom stereocenters. The van der Waals surface area contributed by atoms with Gasteiger partial charge in [-0.25, -0.2) is 0 Å². The first kappa shape index (κ1) is 24.3. The minimum atomic E-state index is 0.674. The standard InChI is InChI=1S/C29H20N2.C3H7NO/c30-21-22-11-13-23(14-12-22)24-15-17-27(18-16-24)31-28(25-7-3-1-4-8-25)19-20-29(31)26-9-5-2-6-10-26;1-4(2)3-5/h1-20H;3H,1-2H3. The first-order valence-corrected chi connectivity index (χ1v) is 11.7. The molecule has 4 heteroatoms. The highest BCUT2D eigenvalue weighted by Crippen LogP contribution is 2.33. The van der Waals surface area contributed by atoms with Crippen molar-refractivity contribution in [1.82, 2.24) is 9.47 Å². The van der Waals surface area contributed by atoms with Crippen molar-refractivity contribution in [2.45, 2.75) is 0 Å². The van der Waals surface area contributed by atoms with Gasteiger partial charge in [0.25, 0.3) is 0 Å². The minimum Gasteiger partial charge on any atom is -0.351 e. The number of benzene rings is 4. The summed E-state index contributed by atoms with van der Waals surface area (Å²) in [7, 11) is 3.38. The van der Waals surface area contributed by atoms with Gasteiger partial charge in [0.1, 0.15) is 0 Å². The molecule has 0 unspecified atom stereocenters. The molecule has 0 aliphatic carbocycles. The Labute approximate surface area is 212 Å². The van der Waals surface area contributed by atoms with Crippen LogP contribution >= 0.6 is 0 Å². The van der Waals surface area contributed by atoms with E-state index in [0.29, 0.717) is 5.56 Å². The molecule has 0 saturated heterocycles. The highest BCUT2D eigenvalue weighted by atomic mass is 16.1. The van der Waals surface area contributed by atoms with Gasteiger partial charge in [-0.3, -0.25) is 4.79 Å². The van der Waals surface area contributed by atoms with Crippen molar-refractivity contribution in [1.29, 1.82) is 5.26 Å². The van der Waals surface area contributed by atoms with Crippen LogP contribution in [0, 0.1) is 11.3 Å². The maximum absolute atomic E-state index is 9.43. The lowest BCUT2D eigenvalue weighted by molar-refractivity contribution is -0.115. The Morgan fingerprint density at radius 1 is 0.611 bits per heavy atom. The van der Waals surface area contributed by atoms with E-state index in [1.165, 1.54) is 16.0 Å². The number of hydrogen-bond acceptors (Lipinski definition) is 2. The summed E-state index contributed by atoms with van der Waals surface area (Å²) in [4.78, 5) is 10.9. The Morgan fingerprint density at radius 3 is 1.42 bits per heavy atom. The van der Waals surface area contributed by atoms with Crippen molar-refractivity contribution in [2.24, 2.45) is 0 Å². The van der Waals surface area contributed by atoms with Crippen molar-refractivity contribution in [3.05, 3.63) is 127 Å². The Bertz CT molecular complexity index is 1390. The molecule has 1 heterocycles. The maximum Gasteiger partial charge on any atom is 0.209 e. The van der Waals surface area contributed by atoms with Crippen LogP contribution in [0.2, 0.25) is 0 Å². The Kier molecular flexibility index (Phi) is 7.75. The maximum atomic E-state index is 9.43. The quantitative estimate of drug-likeness (QED) is 0.259. The predicted molar refractivity (Wildman–Crippen MR) is 147 cm³/mol. The van der Waals surface area contributed by atoms with E-state index in [4.69, 9.17) is 5.26 Å². The zero-order valence-electron chi connectivity index (χ0n) is 20.4. The number of amides is 1. The summed E-state index contributed by atoms with van der Waals surface area (Å²) in [6.07, 6.45) is 0.750. The molecule has 1 aromatic heterocycles. The fraction of sp³-hybridized carbons (Fsp3) is 0.0625. The predicted octanol–water partition coefficient (Wildman–Crippen LogP) is 7.05. The molecule has 1 amide bonds. The lowest BCUT2D eigenvalue weighted by Gasteiger charge is -2.15. The van der Waals surface area contributed by atoms with E-state index in [0.717, 1.165) is 34.6 Å². The molecule has 176 valence electrons. The summed E-state index contributed by atoms with van der Waals surface area (Å²) in [6, 6.07) is 43.8. The molecule has 0 N–H and O–H groups in total. The van der Waals surface area contributed by atoms with Crippen molar-refractivity contribution >= 4 is 6.41 Å². The van der Waals surface area contributed by atoms with Gasteiger partial charge in [0.05, 0.1) is 23.0 Å². The number of carbonyl (C=O) groups is 1. The van der Waals surface area contributed by atoms with Crippen LogP contribution in [-0.4, -0.2) is 30.0 Å². The van der Waals surface area contributed by atoms with E-state index in [1.807, 2.05) is 36.4 Å². The second-order valence-electron chi connectivity index (χ2n) is 8.48.